The molecule has 1 heterocycles. The van der Waals surface area contributed by atoms with Gasteiger partial charge in [0.1, 0.15) is 5.75 Å². The molecule has 0 unspecified atom stereocenters. The van der Waals surface area contributed by atoms with Crippen molar-refractivity contribution >= 4 is 5.69 Å². The lowest BCUT2D eigenvalue weighted by Gasteiger charge is -2.34. The molecule has 0 saturated carbocycles. The van der Waals surface area contributed by atoms with Crippen molar-refractivity contribution in [1.82, 2.24) is 5.32 Å². The van der Waals surface area contributed by atoms with E-state index in [4.69, 9.17) is 4.74 Å². The zero-order valence-corrected chi connectivity index (χ0v) is 10.3. The summed E-state index contributed by atoms with van der Waals surface area (Å²) in [5, 5.41) is 3.45. The van der Waals surface area contributed by atoms with Gasteiger partial charge >= 0.3 is 0 Å². The van der Waals surface area contributed by atoms with Crippen LogP contribution in [0.1, 0.15) is 12.5 Å². The van der Waals surface area contributed by atoms with Crippen molar-refractivity contribution < 1.29 is 4.74 Å². The van der Waals surface area contributed by atoms with E-state index in [2.05, 4.69) is 42.3 Å². The Hall–Kier alpha value is -1.22. The van der Waals surface area contributed by atoms with Crippen LogP contribution in [0.4, 0.5) is 5.69 Å². The highest BCUT2D eigenvalue weighted by Crippen LogP contribution is 2.24. The summed E-state index contributed by atoms with van der Waals surface area (Å²) in [6, 6.07) is 6.97. The standard InChI is InChI=1S/C13H20N2O/c1-10-8-12(4-5-13(10)16-3)15-7-6-14-11(2)9-15/h4-5,8,11,14H,6-7,9H2,1-3H3/t11-/m1/s1. The first kappa shape index (κ1) is 11.3. The van der Waals surface area contributed by atoms with Crippen molar-refractivity contribution in [3.8, 4) is 5.75 Å². The summed E-state index contributed by atoms with van der Waals surface area (Å²) in [4.78, 5) is 2.42. The molecular formula is C13H20N2O. The fourth-order valence-corrected chi connectivity index (χ4v) is 2.23. The van der Waals surface area contributed by atoms with Gasteiger partial charge < -0.3 is 15.0 Å². The van der Waals surface area contributed by atoms with Crippen LogP contribution in [0.5, 0.6) is 5.75 Å². The Bertz CT molecular complexity index is 365. The molecule has 1 aromatic carbocycles. The predicted octanol–water partition coefficient (Wildman–Crippen LogP) is 1.80. The van der Waals surface area contributed by atoms with E-state index >= 15 is 0 Å². The van der Waals surface area contributed by atoms with Crippen LogP contribution in [-0.4, -0.2) is 32.8 Å². The summed E-state index contributed by atoms with van der Waals surface area (Å²) in [7, 11) is 1.72. The van der Waals surface area contributed by atoms with E-state index in [0.717, 1.165) is 25.4 Å². The molecule has 1 atom stereocenters. The summed E-state index contributed by atoms with van der Waals surface area (Å²) in [6.45, 7) is 7.53. The molecule has 3 heteroatoms. The second-order valence-electron chi connectivity index (χ2n) is 4.46. The number of aryl methyl sites for hydroxylation is 1. The molecule has 1 aliphatic rings. The first-order valence-electron chi connectivity index (χ1n) is 5.83. The molecule has 2 rings (SSSR count). The van der Waals surface area contributed by atoms with Crippen molar-refractivity contribution in [2.75, 3.05) is 31.6 Å². The molecule has 0 spiro atoms. The van der Waals surface area contributed by atoms with E-state index < -0.39 is 0 Å². The Kier molecular flexibility index (Phi) is 3.34. The predicted molar refractivity (Wildman–Crippen MR) is 67.4 cm³/mol. The monoisotopic (exact) mass is 220 g/mol. The van der Waals surface area contributed by atoms with E-state index in [1.165, 1.54) is 11.3 Å². The van der Waals surface area contributed by atoms with Crippen molar-refractivity contribution in [2.45, 2.75) is 19.9 Å². The molecule has 0 aromatic heterocycles. The van der Waals surface area contributed by atoms with Crippen LogP contribution in [0.15, 0.2) is 18.2 Å². The zero-order chi connectivity index (χ0) is 11.5. The van der Waals surface area contributed by atoms with Crippen LogP contribution < -0.4 is 15.0 Å². The minimum atomic E-state index is 0.566. The quantitative estimate of drug-likeness (QED) is 0.822. The van der Waals surface area contributed by atoms with Crippen molar-refractivity contribution in [1.29, 1.82) is 0 Å². The smallest absolute Gasteiger partial charge is 0.121 e. The molecule has 88 valence electrons. The Balaban J connectivity index is 2.17. The lowest BCUT2D eigenvalue weighted by molar-refractivity contribution is 0.411. The highest BCUT2D eigenvalue weighted by molar-refractivity contribution is 5.53. The molecule has 1 fully saturated rings. The summed E-state index contributed by atoms with van der Waals surface area (Å²) in [5.74, 6) is 0.965. The fraction of sp³-hybridized carbons (Fsp3) is 0.538. The fourth-order valence-electron chi connectivity index (χ4n) is 2.23. The first-order valence-corrected chi connectivity index (χ1v) is 5.83. The van der Waals surface area contributed by atoms with Gasteiger partial charge in [-0.2, -0.15) is 0 Å². The van der Waals surface area contributed by atoms with E-state index in [-0.39, 0.29) is 0 Å². The maximum atomic E-state index is 5.28. The lowest BCUT2D eigenvalue weighted by Crippen LogP contribution is -2.49. The maximum absolute atomic E-state index is 5.28. The van der Waals surface area contributed by atoms with Gasteiger partial charge in [-0.1, -0.05) is 0 Å². The van der Waals surface area contributed by atoms with Gasteiger partial charge in [-0.05, 0) is 37.6 Å². The molecule has 16 heavy (non-hydrogen) atoms. The highest BCUT2D eigenvalue weighted by Gasteiger charge is 2.16. The van der Waals surface area contributed by atoms with Crippen LogP contribution in [0.3, 0.4) is 0 Å². The number of hydrogen-bond donors (Lipinski definition) is 1. The third-order valence-corrected chi connectivity index (χ3v) is 3.11. The van der Waals surface area contributed by atoms with Gasteiger partial charge in [0.05, 0.1) is 7.11 Å². The molecular weight excluding hydrogens is 200 g/mol. The topological polar surface area (TPSA) is 24.5 Å². The molecule has 1 saturated heterocycles. The minimum absolute atomic E-state index is 0.566. The zero-order valence-electron chi connectivity index (χ0n) is 10.3. The number of methoxy groups -OCH3 is 1. The van der Waals surface area contributed by atoms with Crippen LogP contribution in [-0.2, 0) is 0 Å². The summed E-state index contributed by atoms with van der Waals surface area (Å²) >= 11 is 0. The van der Waals surface area contributed by atoms with Gasteiger partial charge in [0.25, 0.3) is 0 Å². The number of nitrogens with zero attached hydrogens (tertiary/aromatic N) is 1. The Morgan fingerprint density at radius 3 is 2.88 bits per heavy atom. The van der Waals surface area contributed by atoms with Gasteiger partial charge in [0.2, 0.25) is 0 Å². The van der Waals surface area contributed by atoms with Gasteiger partial charge in [0.15, 0.2) is 0 Å². The summed E-state index contributed by atoms with van der Waals surface area (Å²) in [6.07, 6.45) is 0. The molecule has 0 aliphatic carbocycles. The number of ether oxygens (including phenoxy) is 1. The normalized spacial score (nSPS) is 20.9. The van der Waals surface area contributed by atoms with Crippen LogP contribution in [0.2, 0.25) is 0 Å². The number of rotatable bonds is 2. The van der Waals surface area contributed by atoms with Crippen molar-refractivity contribution in [3.05, 3.63) is 23.8 Å². The number of piperazine rings is 1. The van der Waals surface area contributed by atoms with Gasteiger partial charge in [-0.15, -0.1) is 0 Å². The van der Waals surface area contributed by atoms with E-state index in [1.54, 1.807) is 7.11 Å². The average molecular weight is 220 g/mol. The van der Waals surface area contributed by atoms with Gasteiger partial charge in [-0.3, -0.25) is 0 Å². The molecule has 0 bridgehead atoms. The number of anilines is 1. The highest BCUT2D eigenvalue weighted by atomic mass is 16.5. The lowest BCUT2D eigenvalue weighted by atomic mass is 10.1. The first-order chi connectivity index (χ1) is 7.70. The van der Waals surface area contributed by atoms with Gasteiger partial charge in [-0.25, -0.2) is 0 Å². The van der Waals surface area contributed by atoms with Crippen LogP contribution >= 0.6 is 0 Å². The van der Waals surface area contributed by atoms with E-state index in [9.17, 15) is 0 Å². The average Bonchev–Trinajstić information content (AvgIpc) is 2.29. The SMILES string of the molecule is COc1ccc(N2CCN[C@H](C)C2)cc1C. The Labute approximate surface area is 97.4 Å². The summed E-state index contributed by atoms with van der Waals surface area (Å²) < 4.78 is 5.28. The molecule has 1 aromatic rings. The minimum Gasteiger partial charge on any atom is -0.496 e. The number of hydrogen-bond acceptors (Lipinski definition) is 3. The third kappa shape index (κ3) is 2.30. The second-order valence-corrected chi connectivity index (χ2v) is 4.46. The molecule has 1 aliphatic heterocycles. The van der Waals surface area contributed by atoms with Crippen LogP contribution in [0.25, 0.3) is 0 Å². The van der Waals surface area contributed by atoms with Crippen molar-refractivity contribution in [2.24, 2.45) is 0 Å². The van der Waals surface area contributed by atoms with E-state index in [1.807, 2.05) is 0 Å². The Morgan fingerprint density at radius 2 is 2.25 bits per heavy atom. The molecule has 0 amide bonds. The largest absolute Gasteiger partial charge is 0.496 e. The number of benzene rings is 1. The number of nitrogens with one attached hydrogen (secondary N) is 1. The Morgan fingerprint density at radius 1 is 1.44 bits per heavy atom. The molecule has 0 radical (unpaired) electrons. The summed E-state index contributed by atoms with van der Waals surface area (Å²) in [5.41, 5.74) is 2.50. The van der Waals surface area contributed by atoms with Crippen molar-refractivity contribution in [3.63, 3.8) is 0 Å². The second kappa shape index (κ2) is 4.74. The molecule has 3 nitrogen and oxygen atoms in total. The van der Waals surface area contributed by atoms with Crippen LogP contribution in [0, 0.1) is 6.92 Å². The van der Waals surface area contributed by atoms with Gasteiger partial charge in [0, 0.05) is 31.4 Å². The molecule has 1 N–H and O–H groups in total. The maximum Gasteiger partial charge on any atom is 0.121 e. The third-order valence-electron chi connectivity index (χ3n) is 3.11. The van der Waals surface area contributed by atoms with E-state index in [0.29, 0.717) is 6.04 Å².